The van der Waals surface area contributed by atoms with Crippen LogP contribution in [0.1, 0.15) is 113 Å². The van der Waals surface area contributed by atoms with E-state index >= 15 is 0 Å². The molecule has 21 nitrogen and oxygen atoms in total. The fraction of sp³-hybridized carbons (Fsp3) is 0.942. The van der Waals surface area contributed by atoms with Gasteiger partial charge in [0.2, 0.25) is 6.29 Å². The molecule has 4 saturated heterocycles. The van der Waals surface area contributed by atoms with Crippen molar-refractivity contribution in [3.8, 4) is 0 Å². The van der Waals surface area contributed by atoms with Crippen LogP contribution >= 0.6 is 0 Å². The normalized spacial score (nSPS) is 54.7. The molecule has 0 amide bonds. The summed E-state index contributed by atoms with van der Waals surface area (Å²) in [5.74, 6) is -0.556. The van der Waals surface area contributed by atoms with Gasteiger partial charge in [0.05, 0.1) is 43.5 Å². The van der Waals surface area contributed by atoms with Crippen molar-refractivity contribution in [2.24, 2.45) is 50.2 Å². The maximum Gasteiger partial charge on any atom is 0.315 e. The third-order valence-corrected chi connectivity index (χ3v) is 20.6. The van der Waals surface area contributed by atoms with Gasteiger partial charge in [-0.1, -0.05) is 60.1 Å². The molecule has 9 rings (SSSR count). The zero-order valence-electron chi connectivity index (χ0n) is 43.4. The lowest BCUT2D eigenvalue weighted by Crippen LogP contribution is -2.69. The number of carbonyl (C=O) groups is 1. The Labute approximate surface area is 426 Å². The first-order chi connectivity index (χ1) is 34.1. The Hall–Kier alpha value is -1.55. The van der Waals surface area contributed by atoms with Gasteiger partial charge in [-0.3, -0.25) is 4.79 Å². The Balaban J connectivity index is 0.936. The smallest absolute Gasteiger partial charge is 0.315 e. The van der Waals surface area contributed by atoms with E-state index < -0.39 is 158 Å². The number of fused-ring (bicyclic) bond motifs is 7. The summed E-state index contributed by atoms with van der Waals surface area (Å²) in [5.41, 5.74) is -1.54. The molecule has 5 aliphatic carbocycles. The van der Waals surface area contributed by atoms with E-state index in [9.17, 15) is 66.1 Å². The number of hydrogen-bond acceptors (Lipinski definition) is 21. The third kappa shape index (κ3) is 9.10. The highest BCUT2D eigenvalue weighted by Crippen LogP contribution is 2.76. The van der Waals surface area contributed by atoms with Crippen LogP contribution in [0.2, 0.25) is 0 Å². The SMILES string of the molecule is CC1OC(OC(=O)C23CCC(C)(C)CC2C2=CCC4C5(C)CC(O)C(OC6OC(CO)C(O)C(O)C6OC6OCC(OC7OCC(O)C(O)C7O)C(O)C6O)C(C)(C)C5CCC4(C)C2(C)CC3)C(O)C(O)C1O. The van der Waals surface area contributed by atoms with E-state index in [0.717, 1.165) is 25.7 Å². The number of carbonyl (C=O) groups excluding carboxylic acids is 1. The van der Waals surface area contributed by atoms with E-state index in [2.05, 4.69) is 40.7 Å². The summed E-state index contributed by atoms with van der Waals surface area (Å²) in [7, 11) is 0. The van der Waals surface area contributed by atoms with Gasteiger partial charge in [-0.05, 0) is 110 Å². The van der Waals surface area contributed by atoms with E-state index in [1.807, 2.05) is 13.8 Å². The molecule has 12 N–H and O–H groups in total. The van der Waals surface area contributed by atoms with Crippen LogP contribution < -0.4 is 0 Å². The minimum atomic E-state index is -1.84. The van der Waals surface area contributed by atoms with Crippen LogP contribution in [0.4, 0.5) is 0 Å². The van der Waals surface area contributed by atoms with Crippen molar-refractivity contribution in [2.75, 3.05) is 19.8 Å². The standard InChI is InChI=1S/C52H84O21/c1-22-31(56)35(60)39(64)44(68-22)73-46(65)52-15-13-47(2,3)17-24(52)23-9-10-30-49(6)18-25(54)41(48(4,5)29(49)11-12-51(30,8)50(23,7)14-16-52)72-45-40(36(61)33(58)27(19-53)69-45)71-43-38(63)34(59)28(21-67-43)70-42-37(62)32(57)26(55)20-66-42/h9,22,24-45,53-64H,10-21H2,1-8H3. The summed E-state index contributed by atoms with van der Waals surface area (Å²) in [6.07, 6.45) is -21.0. The minimum Gasteiger partial charge on any atom is -0.432 e. The summed E-state index contributed by atoms with van der Waals surface area (Å²) in [5, 5.41) is 130. The van der Waals surface area contributed by atoms with Gasteiger partial charge in [-0.25, -0.2) is 0 Å². The number of allylic oxidation sites excluding steroid dienone is 2. The molecule has 418 valence electrons. The highest BCUT2D eigenvalue weighted by molar-refractivity contribution is 5.79. The molecule has 27 unspecified atom stereocenters. The van der Waals surface area contributed by atoms with Crippen LogP contribution in [0.15, 0.2) is 11.6 Å². The summed E-state index contributed by atoms with van der Waals surface area (Å²) < 4.78 is 47.4. The Morgan fingerprint density at radius 2 is 1.27 bits per heavy atom. The summed E-state index contributed by atoms with van der Waals surface area (Å²) >= 11 is 0. The number of esters is 1. The Morgan fingerprint density at radius 3 is 1.97 bits per heavy atom. The van der Waals surface area contributed by atoms with Crippen LogP contribution in [0.3, 0.4) is 0 Å². The molecular weight excluding hydrogens is 961 g/mol. The Kier molecular flexibility index (Phi) is 15.4. The molecule has 73 heavy (non-hydrogen) atoms. The van der Waals surface area contributed by atoms with Gasteiger partial charge in [0, 0.05) is 0 Å². The molecular formula is C52H84O21. The van der Waals surface area contributed by atoms with E-state index in [1.165, 1.54) is 5.57 Å². The lowest BCUT2D eigenvalue weighted by molar-refractivity contribution is -0.381. The van der Waals surface area contributed by atoms with Crippen LogP contribution in [-0.4, -0.2) is 210 Å². The van der Waals surface area contributed by atoms with E-state index in [0.29, 0.717) is 32.1 Å². The molecule has 0 spiro atoms. The average molecular weight is 1050 g/mol. The van der Waals surface area contributed by atoms with Gasteiger partial charge in [0.25, 0.3) is 0 Å². The molecule has 21 heteroatoms. The molecule has 4 heterocycles. The van der Waals surface area contributed by atoms with E-state index in [4.69, 9.17) is 37.9 Å². The maximum atomic E-state index is 14.7. The molecule has 0 aromatic rings. The van der Waals surface area contributed by atoms with Gasteiger partial charge in [-0.15, -0.1) is 0 Å². The molecule has 27 atom stereocenters. The number of aliphatic hydroxyl groups excluding tert-OH is 12. The van der Waals surface area contributed by atoms with Crippen LogP contribution in [0, 0.1) is 50.2 Å². The van der Waals surface area contributed by atoms with Crippen molar-refractivity contribution in [3.05, 3.63) is 11.6 Å². The molecule has 4 saturated carbocycles. The summed E-state index contributed by atoms with van der Waals surface area (Å²) in [6, 6.07) is 0. The fourth-order valence-electron chi connectivity index (χ4n) is 16.0. The molecule has 0 aromatic heterocycles. The second-order valence-corrected chi connectivity index (χ2v) is 25.5. The zero-order valence-corrected chi connectivity index (χ0v) is 43.4. The topological polar surface area (TPSA) is 334 Å². The molecule has 0 aromatic carbocycles. The minimum absolute atomic E-state index is 0.0202. The zero-order chi connectivity index (χ0) is 53.3. The first-order valence-corrected chi connectivity index (χ1v) is 26.6. The first-order valence-electron chi connectivity index (χ1n) is 26.6. The third-order valence-electron chi connectivity index (χ3n) is 20.6. The first kappa shape index (κ1) is 56.2. The van der Waals surface area contributed by atoms with Crippen molar-refractivity contribution >= 4 is 5.97 Å². The number of aliphatic hydroxyl groups is 12. The van der Waals surface area contributed by atoms with Crippen molar-refractivity contribution in [1.82, 2.24) is 0 Å². The predicted octanol–water partition coefficient (Wildman–Crippen LogP) is -0.759. The van der Waals surface area contributed by atoms with Gasteiger partial charge >= 0.3 is 5.97 Å². The quantitative estimate of drug-likeness (QED) is 0.0767. The highest BCUT2D eigenvalue weighted by Gasteiger charge is 2.71. The van der Waals surface area contributed by atoms with Gasteiger partial charge in [0.1, 0.15) is 79.4 Å². The highest BCUT2D eigenvalue weighted by atomic mass is 16.8. The van der Waals surface area contributed by atoms with Crippen molar-refractivity contribution in [1.29, 1.82) is 0 Å². The second kappa shape index (κ2) is 20.0. The Morgan fingerprint density at radius 1 is 0.630 bits per heavy atom. The lowest BCUT2D eigenvalue weighted by Gasteiger charge is -2.71. The van der Waals surface area contributed by atoms with Gasteiger partial charge < -0.3 is 99.2 Å². The molecule has 8 fully saturated rings. The van der Waals surface area contributed by atoms with Crippen LogP contribution in [0.5, 0.6) is 0 Å². The second-order valence-electron chi connectivity index (χ2n) is 25.5. The molecule has 0 bridgehead atoms. The molecule has 9 aliphatic rings. The van der Waals surface area contributed by atoms with E-state index in [1.54, 1.807) is 6.92 Å². The lowest BCUT2D eigenvalue weighted by atomic mass is 9.33. The van der Waals surface area contributed by atoms with Crippen LogP contribution in [0.25, 0.3) is 0 Å². The largest absolute Gasteiger partial charge is 0.432 e. The fourth-order valence-corrected chi connectivity index (χ4v) is 16.0. The van der Waals surface area contributed by atoms with Crippen LogP contribution in [-0.2, 0) is 42.7 Å². The van der Waals surface area contributed by atoms with Gasteiger partial charge in [-0.2, -0.15) is 0 Å². The molecule has 0 radical (unpaired) electrons. The number of hydrogen-bond donors (Lipinski definition) is 12. The van der Waals surface area contributed by atoms with Crippen molar-refractivity contribution in [2.45, 2.75) is 236 Å². The monoisotopic (exact) mass is 1040 g/mol. The Bertz CT molecular complexity index is 2020. The van der Waals surface area contributed by atoms with Crippen molar-refractivity contribution in [3.63, 3.8) is 0 Å². The van der Waals surface area contributed by atoms with E-state index in [-0.39, 0.29) is 40.6 Å². The summed E-state index contributed by atoms with van der Waals surface area (Å²) in [4.78, 5) is 14.7. The summed E-state index contributed by atoms with van der Waals surface area (Å²) in [6.45, 7) is 15.6. The predicted molar refractivity (Wildman–Crippen MR) is 251 cm³/mol. The number of ether oxygens (including phenoxy) is 8. The van der Waals surface area contributed by atoms with Crippen molar-refractivity contribution < 1.29 is 104 Å². The molecule has 4 aliphatic heterocycles. The maximum absolute atomic E-state index is 14.7. The average Bonchev–Trinajstić information content (AvgIpc) is 3.32. The number of rotatable bonds is 9. The van der Waals surface area contributed by atoms with Gasteiger partial charge in [0.15, 0.2) is 18.9 Å².